The van der Waals surface area contributed by atoms with Gasteiger partial charge in [0.15, 0.2) is 0 Å². The van der Waals surface area contributed by atoms with Crippen molar-refractivity contribution in [3.05, 3.63) is 42.0 Å². The Morgan fingerprint density at radius 2 is 1.81 bits per heavy atom. The smallest absolute Gasteiger partial charge is 0.306 e. The highest BCUT2D eigenvalue weighted by molar-refractivity contribution is 5.91. The van der Waals surface area contributed by atoms with Gasteiger partial charge in [0.1, 0.15) is 0 Å². The zero-order valence-electron chi connectivity index (χ0n) is 12.0. The summed E-state index contributed by atoms with van der Waals surface area (Å²) in [7, 11) is 0. The van der Waals surface area contributed by atoms with Crippen LogP contribution in [0.3, 0.4) is 0 Å². The molecular weight excluding hydrogens is 266 g/mol. The van der Waals surface area contributed by atoms with Crippen molar-refractivity contribution < 1.29 is 14.7 Å². The monoisotopic (exact) mass is 287 g/mol. The van der Waals surface area contributed by atoms with E-state index in [0.29, 0.717) is 12.5 Å². The Labute approximate surface area is 124 Å². The van der Waals surface area contributed by atoms with Crippen molar-refractivity contribution >= 4 is 18.0 Å². The van der Waals surface area contributed by atoms with Gasteiger partial charge in [0.2, 0.25) is 5.91 Å². The summed E-state index contributed by atoms with van der Waals surface area (Å²) >= 11 is 0. The number of carboxylic acid groups (broad SMARTS) is 1. The fourth-order valence-corrected chi connectivity index (χ4v) is 2.65. The minimum atomic E-state index is -0.691. The quantitative estimate of drug-likeness (QED) is 0.818. The van der Waals surface area contributed by atoms with Crippen molar-refractivity contribution in [2.75, 3.05) is 6.54 Å². The summed E-state index contributed by atoms with van der Waals surface area (Å²) in [5.41, 5.74) is 0.995. The average Bonchev–Trinajstić information content (AvgIpc) is 2.52. The largest absolute Gasteiger partial charge is 0.481 e. The molecule has 0 aromatic heterocycles. The van der Waals surface area contributed by atoms with Gasteiger partial charge in [-0.25, -0.2) is 0 Å². The molecule has 0 radical (unpaired) electrons. The van der Waals surface area contributed by atoms with E-state index in [4.69, 9.17) is 5.11 Å². The second-order valence-corrected chi connectivity index (χ2v) is 5.55. The van der Waals surface area contributed by atoms with Crippen LogP contribution in [0, 0.1) is 11.8 Å². The zero-order valence-corrected chi connectivity index (χ0v) is 12.0. The van der Waals surface area contributed by atoms with Crippen LogP contribution < -0.4 is 5.32 Å². The average molecular weight is 287 g/mol. The molecule has 2 rings (SSSR count). The summed E-state index contributed by atoms with van der Waals surface area (Å²) in [5.74, 6) is -0.591. The fraction of sp³-hybridized carbons (Fsp3) is 0.412. The molecule has 0 saturated heterocycles. The van der Waals surface area contributed by atoms with Crippen LogP contribution in [0.2, 0.25) is 0 Å². The molecule has 0 spiro atoms. The number of aliphatic carboxylic acids is 1. The highest BCUT2D eigenvalue weighted by Crippen LogP contribution is 2.28. The molecule has 4 heteroatoms. The van der Waals surface area contributed by atoms with Gasteiger partial charge in [-0.2, -0.15) is 0 Å². The maximum Gasteiger partial charge on any atom is 0.306 e. The lowest BCUT2D eigenvalue weighted by Gasteiger charge is -2.25. The standard InChI is InChI=1S/C17H21NO3/c19-16(11-8-13-4-2-1-3-5-13)18-12-14-6-9-15(10-7-14)17(20)21/h1-5,8,11,14-15H,6-7,9-10,12H2,(H,18,19)(H,20,21)/b11-8+. The van der Waals surface area contributed by atoms with Crippen LogP contribution in [0.4, 0.5) is 0 Å². The molecule has 1 aromatic carbocycles. The highest BCUT2D eigenvalue weighted by Gasteiger charge is 2.25. The topological polar surface area (TPSA) is 66.4 Å². The fourth-order valence-electron chi connectivity index (χ4n) is 2.65. The SMILES string of the molecule is O=C(/C=C/c1ccccc1)NCC1CCC(C(=O)O)CC1. The number of carbonyl (C=O) groups excluding carboxylic acids is 1. The number of rotatable bonds is 5. The van der Waals surface area contributed by atoms with Gasteiger partial charge < -0.3 is 10.4 Å². The molecular formula is C17H21NO3. The summed E-state index contributed by atoms with van der Waals surface area (Å²) in [6.07, 6.45) is 6.51. The van der Waals surface area contributed by atoms with Crippen molar-refractivity contribution in [2.24, 2.45) is 11.8 Å². The van der Waals surface area contributed by atoms with E-state index < -0.39 is 5.97 Å². The minimum absolute atomic E-state index is 0.0980. The Hall–Kier alpha value is -2.10. The van der Waals surface area contributed by atoms with Gasteiger partial charge in [-0.05, 0) is 43.2 Å². The molecule has 1 aromatic rings. The second kappa shape index (κ2) is 7.62. The van der Waals surface area contributed by atoms with Crippen LogP contribution >= 0.6 is 0 Å². The van der Waals surface area contributed by atoms with Gasteiger partial charge in [-0.15, -0.1) is 0 Å². The predicted molar refractivity (Wildman–Crippen MR) is 81.6 cm³/mol. The first-order chi connectivity index (χ1) is 10.1. The summed E-state index contributed by atoms with van der Waals surface area (Å²) in [5, 5.41) is 11.8. The van der Waals surface area contributed by atoms with E-state index in [9.17, 15) is 9.59 Å². The van der Waals surface area contributed by atoms with Crippen LogP contribution in [0.25, 0.3) is 6.08 Å². The van der Waals surface area contributed by atoms with Crippen LogP contribution in [0.15, 0.2) is 36.4 Å². The van der Waals surface area contributed by atoms with Crippen LogP contribution in [0.1, 0.15) is 31.2 Å². The van der Waals surface area contributed by atoms with E-state index in [1.165, 1.54) is 6.08 Å². The van der Waals surface area contributed by atoms with Gasteiger partial charge in [-0.3, -0.25) is 9.59 Å². The van der Waals surface area contributed by atoms with E-state index in [1.807, 2.05) is 30.3 Å². The van der Waals surface area contributed by atoms with Gasteiger partial charge in [0.25, 0.3) is 0 Å². The van der Waals surface area contributed by atoms with E-state index in [2.05, 4.69) is 5.32 Å². The number of carboxylic acids is 1. The molecule has 1 amide bonds. The molecule has 112 valence electrons. The molecule has 0 heterocycles. The van der Waals surface area contributed by atoms with Crippen molar-refractivity contribution in [1.29, 1.82) is 0 Å². The number of benzene rings is 1. The summed E-state index contributed by atoms with van der Waals surface area (Å²) in [6.45, 7) is 0.629. The summed E-state index contributed by atoms with van der Waals surface area (Å²) < 4.78 is 0. The normalized spacial score (nSPS) is 22.1. The maximum absolute atomic E-state index is 11.7. The number of hydrogen-bond acceptors (Lipinski definition) is 2. The first-order valence-corrected chi connectivity index (χ1v) is 7.39. The molecule has 1 fully saturated rings. The Morgan fingerprint density at radius 3 is 2.43 bits per heavy atom. The highest BCUT2D eigenvalue weighted by atomic mass is 16.4. The van der Waals surface area contributed by atoms with Crippen molar-refractivity contribution in [3.8, 4) is 0 Å². The second-order valence-electron chi connectivity index (χ2n) is 5.55. The third-order valence-corrected chi connectivity index (χ3v) is 3.99. The molecule has 4 nitrogen and oxygen atoms in total. The molecule has 0 aliphatic heterocycles. The third-order valence-electron chi connectivity index (χ3n) is 3.99. The van der Waals surface area contributed by atoms with E-state index >= 15 is 0 Å². The van der Waals surface area contributed by atoms with E-state index in [-0.39, 0.29) is 11.8 Å². The number of amides is 1. The Kier molecular flexibility index (Phi) is 5.55. The zero-order chi connectivity index (χ0) is 15.1. The van der Waals surface area contributed by atoms with Gasteiger partial charge in [-0.1, -0.05) is 30.3 Å². The third kappa shape index (κ3) is 5.06. The molecule has 0 unspecified atom stereocenters. The van der Waals surface area contributed by atoms with Gasteiger partial charge in [0.05, 0.1) is 5.92 Å². The number of carbonyl (C=O) groups is 2. The predicted octanol–water partition coefficient (Wildman–Crippen LogP) is 2.71. The first kappa shape index (κ1) is 15.3. The lowest BCUT2D eigenvalue weighted by atomic mass is 9.82. The van der Waals surface area contributed by atoms with E-state index in [0.717, 1.165) is 31.2 Å². The number of nitrogens with one attached hydrogen (secondary N) is 1. The molecule has 1 saturated carbocycles. The van der Waals surface area contributed by atoms with Gasteiger partial charge in [0, 0.05) is 12.6 Å². The van der Waals surface area contributed by atoms with Crippen LogP contribution in [-0.2, 0) is 9.59 Å². The molecule has 21 heavy (non-hydrogen) atoms. The number of hydrogen-bond donors (Lipinski definition) is 2. The Morgan fingerprint density at radius 1 is 1.14 bits per heavy atom. The van der Waals surface area contributed by atoms with Crippen molar-refractivity contribution in [3.63, 3.8) is 0 Å². The molecule has 2 N–H and O–H groups in total. The molecule has 1 aliphatic rings. The first-order valence-electron chi connectivity index (χ1n) is 7.39. The molecule has 0 atom stereocenters. The van der Waals surface area contributed by atoms with Gasteiger partial charge >= 0.3 is 5.97 Å². The van der Waals surface area contributed by atoms with E-state index in [1.54, 1.807) is 6.08 Å². The van der Waals surface area contributed by atoms with Crippen LogP contribution in [-0.4, -0.2) is 23.5 Å². The summed E-state index contributed by atoms with van der Waals surface area (Å²) in [4.78, 5) is 22.6. The minimum Gasteiger partial charge on any atom is -0.481 e. The van der Waals surface area contributed by atoms with Crippen molar-refractivity contribution in [1.82, 2.24) is 5.32 Å². The molecule has 0 bridgehead atoms. The lowest BCUT2D eigenvalue weighted by molar-refractivity contribution is -0.143. The Balaban J connectivity index is 1.70. The lowest BCUT2D eigenvalue weighted by Crippen LogP contribution is -2.31. The van der Waals surface area contributed by atoms with Crippen molar-refractivity contribution in [2.45, 2.75) is 25.7 Å². The maximum atomic E-state index is 11.7. The molecule has 1 aliphatic carbocycles. The van der Waals surface area contributed by atoms with Crippen LogP contribution in [0.5, 0.6) is 0 Å². The summed E-state index contributed by atoms with van der Waals surface area (Å²) in [6, 6.07) is 9.68. The Bertz CT molecular complexity index is 502.